The third-order valence-corrected chi connectivity index (χ3v) is 4.38. The predicted molar refractivity (Wildman–Crippen MR) is 81.6 cm³/mol. The largest absolute Gasteiger partial charge is 0.350 e. The second-order valence-electron chi connectivity index (χ2n) is 5.68. The lowest BCUT2D eigenvalue weighted by Crippen LogP contribution is -2.25. The Morgan fingerprint density at radius 3 is 2.90 bits per heavy atom. The highest BCUT2D eigenvalue weighted by atomic mass is 16.2. The molecule has 4 heteroatoms. The minimum Gasteiger partial charge on any atom is -0.250 e. The monoisotopic (exact) mass is 279 g/mol. The molecule has 1 aliphatic rings. The van der Waals surface area contributed by atoms with Crippen LogP contribution in [0.25, 0.3) is 5.65 Å². The van der Waals surface area contributed by atoms with E-state index in [1.54, 1.807) is 15.3 Å². The highest BCUT2D eigenvalue weighted by Gasteiger charge is 2.21. The van der Waals surface area contributed by atoms with Crippen LogP contribution in [0.4, 0.5) is 0 Å². The van der Waals surface area contributed by atoms with Crippen molar-refractivity contribution < 1.29 is 0 Å². The van der Waals surface area contributed by atoms with E-state index in [9.17, 15) is 4.79 Å². The molecule has 0 radical (unpaired) electrons. The standard InChI is InChI=1S/C17H17N3O/c21-17-19-11-4-3-10-16(19)18-20(17)12-14-8-5-7-13-6-1-2-9-15(13)14/h1-4,6,9-11,14H,5,7-8,12H2. The van der Waals surface area contributed by atoms with Crippen molar-refractivity contribution in [1.82, 2.24) is 14.2 Å². The van der Waals surface area contributed by atoms with Crippen molar-refractivity contribution in [3.63, 3.8) is 0 Å². The molecule has 0 saturated heterocycles. The van der Waals surface area contributed by atoms with Crippen molar-refractivity contribution in [2.24, 2.45) is 0 Å². The Hall–Kier alpha value is -2.36. The average molecular weight is 279 g/mol. The molecule has 1 aromatic carbocycles. The van der Waals surface area contributed by atoms with Gasteiger partial charge in [0.25, 0.3) is 0 Å². The molecule has 1 aliphatic carbocycles. The van der Waals surface area contributed by atoms with Crippen molar-refractivity contribution in [3.8, 4) is 0 Å². The zero-order chi connectivity index (χ0) is 14.2. The van der Waals surface area contributed by atoms with Gasteiger partial charge >= 0.3 is 5.69 Å². The van der Waals surface area contributed by atoms with E-state index in [1.165, 1.54) is 17.5 Å². The summed E-state index contributed by atoms with van der Waals surface area (Å²) >= 11 is 0. The first kappa shape index (κ1) is 12.4. The summed E-state index contributed by atoms with van der Waals surface area (Å²) in [5, 5.41) is 4.45. The zero-order valence-corrected chi connectivity index (χ0v) is 11.8. The summed E-state index contributed by atoms with van der Waals surface area (Å²) in [6.07, 6.45) is 5.23. The summed E-state index contributed by atoms with van der Waals surface area (Å²) in [7, 11) is 0. The number of pyridine rings is 1. The zero-order valence-electron chi connectivity index (χ0n) is 11.8. The molecule has 0 bridgehead atoms. The summed E-state index contributed by atoms with van der Waals surface area (Å²) < 4.78 is 3.22. The Balaban J connectivity index is 1.73. The van der Waals surface area contributed by atoms with Crippen LogP contribution in [0.15, 0.2) is 53.5 Å². The number of aromatic nitrogens is 3. The molecular weight excluding hydrogens is 262 g/mol. The summed E-state index contributed by atoms with van der Waals surface area (Å²) in [4.78, 5) is 12.4. The number of hydrogen-bond donors (Lipinski definition) is 0. The predicted octanol–water partition coefficient (Wildman–Crippen LogP) is 2.62. The number of rotatable bonds is 2. The Morgan fingerprint density at radius 2 is 2.00 bits per heavy atom. The number of fused-ring (bicyclic) bond motifs is 2. The molecular formula is C17H17N3O. The van der Waals surface area contributed by atoms with Crippen molar-refractivity contribution in [2.75, 3.05) is 0 Å². The quantitative estimate of drug-likeness (QED) is 0.723. The number of nitrogens with zero attached hydrogens (tertiary/aromatic N) is 3. The SMILES string of the molecule is O=c1n(CC2CCCc3ccccc32)nc2ccccn12. The van der Waals surface area contributed by atoms with Gasteiger partial charge < -0.3 is 0 Å². The molecule has 4 rings (SSSR count). The Kier molecular flexibility index (Phi) is 2.88. The molecule has 2 heterocycles. The molecule has 0 amide bonds. The van der Waals surface area contributed by atoms with Crippen LogP contribution in [0.1, 0.15) is 29.9 Å². The van der Waals surface area contributed by atoms with Gasteiger partial charge in [-0.2, -0.15) is 0 Å². The van der Waals surface area contributed by atoms with Gasteiger partial charge in [-0.05, 0) is 42.5 Å². The topological polar surface area (TPSA) is 39.3 Å². The molecule has 4 nitrogen and oxygen atoms in total. The van der Waals surface area contributed by atoms with E-state index in [1.807, 2.05) is 18.2 Å². The Labute approximate surface area is 122 Å². The van der Waals surface area contributed by atoms with E-state index in [2.05, 4.69) is 29.4 Å². The van der Waals surface area contributed by atoms with Crippen LogP contribution in [0.3, 0.4) is 0 Å². The third-order valence-electron chi connectivity index (χ3n) is 4.38. The summed E-state index contributed by atoms with van der Waals surface area (Å²) in [6, 6.07) is 14.2. The molecule has 0 N–H and O–H groups in total. The lowest BCUT2D eigenvalue weighted by Gasteiger charge is -2.24. The van der Waals surface area contributed by atoms with E-state index in [4.69, 9.17) is 0 Å². The average Bonchev–Trinajstić information content (AvgIpc) is 2.85. The first-order valence-electron chi connectivity index (χ1n) is 7.45. The normalized spacial score (nSPS) is 17.8. The maximum Gasteiger partial charge on any atom is 0.350 e. The van der Waals surface area contributed by atoms with Crippen molar-refractivity contribution >= 4 is 5.65 Å². The molecule has 21 heavy (non-hydrogen) atoms. The minimum atomic E-state index is -0.0475. The van der Waals surface area contributed by atoms with Gasteiger partial charge in [-0.25, -0.2) is 9.48 Å². The maximum atomic E-state index is 12.4. The van der Waals surface area contributed by atoms with Gasteiger partial charge in [0.15, 0.2) is 5.65 Å². The lowest BCUT2D eigenvalue weighted by atomic mass is 9.83. The highest BCUT2D eigenvalue weighted by molar-refractivity contribution is 5.36. The minimum absolute atomic E-state index is 0.0475. The van der Waals surface area contributed by atoms with Gasteiger partial charge in [0.2, 0.25) is 0 Å². The lowest BCUT2D eigenvalue weighted by molar-refractivity contribution is 0.449. The van der Waals surface area contributed by atoms with Crippen molar-refractivity contribution in [2.45, 2.75) is 31.7 Å². The van der Waals surface area contributed by atoms with Crippen LogP contribution in [0, 0.1) is 0 Å². The maximum absolute atomic E-state index is 12.4. The van der Waals surface area contributed by atoms with Crippen LogP contribution >= 0.6 is 0 Å². The molecule has 1 atom stereocenters. The molecule has 0 saturated carbocycles. The highest BCUT2D eigenvalue weighted by Crippen LogP contribution is 2.32. The van der Waals surface area contributed by atoms with Crippen LogP contribution < -0.4 is 5.69 Å². The fourth-order valence-electron chi connectivity index (χ4n) is 3.34. The first-order valence-corrected chi connectivity index (χ1v) is 7.45. The van der Waals surface area contributed by atoms with E-state index < -0.39 is 0 Å². The second-order valence-corrected chi connectivity index (χ2v) is 5.68. The fraction of sp³-hybridized carbons (Fsp3) is 0.294. The molecule has 0 fully saturated rings. The van der Waals surface area contributed by atoms with E-state index >= 15 is 0 Å². The van der Waals surface area contributed by atoms with Crippen LogP contribution in [-0.2, 0) is 13.0 Å². The second kappa shape index (κ2) is 4.88. The van der Waals surface area contributed by atoms with Gasteiger partial charge in [-0.3, -0.25) is 4.40 Å². The summed E-state index contributed by atoms with van der Waals surface area (Å²) in [5.74, 6) is 0.387. The smallest absolute Gasteiger partial charge is 0.250 e. The van der Waals surface area contributed by atoms with E-state index in [0.29, 0.717) is 18.1 Å². The first-order chi connectivity index (χ1) is 10.3. The molecule has 2 aromatic heterocycles. The number of aryl methyl sites for hydroxylation is 1. The van der Waals surface area contributed by atoms with Gasteiger partial charge in [0.05, 0.1) is 6.54 Å². The Bertz CT molecular complexity index is 846. The molecule has 3 aromatic rings. The number of benzene rings is 1. The van der Waals surface area contributed by atoms with Gasteiger partial charge in [-0.15, -0.1) is 5.10 Å². The van der Waals surface area contributed by atoms with Gasteiger partial charge in [0, 0.05) is 12.1 Å². The fourth-order valence-corrected chi connectivity index (χ4v) is 3.34. The van der Waals surface area contributed by atoms with Crippen LogP contribution in [-0.4, -0.2) is 14.2 Å². The molecule has 0 aliphatic heterocycles. The van der Waals surface area contributed by atoms with E-state index in [0.717, 1.165) is 12.8 Å². The summed E-state index contributed by atoms with van der Waals surface area (Å²) in [6.45, 7) is 0.664. The van der Waals surface area contributed by atoms with Crippen molar-refractivity contribution in [1.29, 1.82) is 0 Å². The Morgan fingerprint density at radius 1 is 1.14 bits per heavy atom. The molecule has 106 valence electrons. The van der Waals surface area contributed by atoms with Crippen LogP contribution in [0.5, 0.6) is 0 Å². The third kappa shape index (κ3) is 2.07. The van der Waals surface area contributed by atoms with E-state index in [-0.39, 0.29) is 5.69 Å². The summed E-state index contributed by atoms with van der Waals surface area (Å²) in [5.41, 5.74) is 3.47. The van der Waals surface area contributed by atoms with Crippen LogP contribution in [0.2, 0.25) is 0 Å². The van der Waals surface area contributed by atoms with Crippen molar-refractivity contribution in [3.05, 3.63) is 70.3 Å². The number of hydrogen-bond acceptors (Lipinski definition) is 2. The molecule has 1 unspecified atom stereocenters. The van der Waals surface area contributed by atoms with Gasteiger partial charge in [-0.1, -0.05) is 30.3 Å². The molecule has 0 spiro atoms. The van der Waals surface area contributed by atoms with Gasteiger partial charge in [0.1, 0.15) is 0 Å².